The van der Waals surface area contributed by atoms with Crippen molar-refractivity contribution in [3.8, 4) is 5.75 Å². The molecule has 0 aliphatic carbocycles. The molecule has 0 aliphatic rings. The van der Waals surface area contributed by atoms with Crippen LogP contribution in [0.5, 0.6) is 5.75 Å². The van der Waals surface area contributed by atoms with Crippen LogP contribution in [0.1, 0.15) is 33.2 Å². The van der Waals surface area contributed by atoms with Crippen LogP contribution >= 0.6 is 23.2 Å². The van der Waals surface area contributed by atoms with Crippen molar-refractivity contribution in [3.63, 3.8) is 0 Å². The Morgan fingerprint density at radius 1 is 0.871 bits per heavy atom. The van der Waals surface area contributed by atoms with Gasteiger partial charge in [0.15, 0.2) is 0 Å². The number of carbonyl (C=O) groups is 2. The molecule has 0 N–H and O–H groups in total. The third kappa shape index (κ3) is 5.37. The fourth-order valence-corrected chi connectivity index (χ4v) is 3.52. The van der Waals surface area contributed by atoms with Crippen LogP contribution in [0.4, 0.5) is 5.69 Å². The number of hydrogen-bond donors (Lipinski definition) is 0. The standard InChI is InChI=1S/C24H21Cl2NO4/c1-3-31-24(29)17-7-11-18(12-8-17)27(15-20-21(25)5-4-6-22(20)26)23(28)16-9-13-19(30-2)14-10-16/h4-14H,3,15H2,1-2H3. The Bertz CT molecular complexity index is 1050. The van der Waals surface area contributed by atoms with Crippen LogP contribution in [0.25, 0.3) is 0 Å². The van der Waals surface area contributed by atoms with Crippen molar-refractivity contribution in [3.05, 3.63) is 93.5 Å². The molecule has 0 bridgehead atoms. The second kappa shape index (κ2) is 10.3. The Kier molecular flexibility index (Phi) is 7.55. The summed E-state index contributed by atoms with van der Waals surface area (Å²) in [6.45, 7) is 2.19. The number of esters is 1. The van der Waals surface area contributed by atoms with E-state index in [0.717, 1.165) is 0 Å². The molecule has 3 rings (SSSR count). The van der Waals surface area contributed by atoms with Gasteiger partial charge in [-0.25, -0.2) is 4.79 Å². The minimum Gasteiger partial charge on any atom is -0.497 e. The molecule has 0 fully saturated rings. The third-order valence-corrected chi connectivity index (χ3v) is 5.36. The zero-order valence-corrected chi connectivity index (χ0v) is 18.6. The molecule has 160 valence electrons. The molecule has 5 nitrogen and oxygen atoms in total. The molecular weight excluding hydrogens is 437 g/mol. The SMILES string of the molecule is CCOC(=O)c1ccc(N(Cc2c(Cl)cccc2Cl)C(=O)c2ccc(OC)cc2)cc1. The molecule has 0 saturated heterocycles. The number of halogens is 2. The fraction of sp³-hybridized carbons (Fsp3) is 0.167. The zero-order valence-electron chi connectivity index (χ0n) is 17.1. The number of anilines is 1. The zero-order chi connectivity index (χ0) is 22.4. The first kappa shape index (κ1) is 22.7. The molecule has 0 heterocycles. The van der Waals surface area contributed by atoms with Crippen LogP contribution in [-0.2, 0) is 11.3 Å². The number of carbonyl (C=O) groups excluding carboxylic acids is 2. The van der Waals surface area contributed by atoms with Crippen LogP contribution in [-0.4, -0.2) is 25.6 Å². The fourth-order valence-electron chi connectivity index (χ4n) is 3.00. The van der Waals surface area contributed by atoms with Gasteiger partial charge in [-0.1, -0.05) is 29.3 Å². The normalized spacial score (nSPS) is 10.5. The molecule has 1 amide bonds. The molecule has 0 aliphatic heterocycles. The van der Waals surface area contributed by atoms with Crippen molar-refractivity contribution >= 4 is 40.8 Å². The maximum absolute atomic E-state index is 13.4. The number of benzene rings is 3. The van der Waals surface area contributed by atoms with Crippen molar-refractivity contribution in [2.75, 3.05) is 18.6 Å². The lowest BCUT2D eigenvalue weighted by Gasteiger charge is -2.24. The van der Waals surface area contributed by atoms with Crippen LogP contribution in [0.2, 0.25) is 10.0 Å². The summed E-state index contributed by atoms with van der Waals surface area (Å²) in [5.41, 5.74) is 2.09. The summed E-state index contributed by atoms with van der Waals surface area (Å²) in [7, 11) is 1.56. The monoisotopic (exact) mass is 457 g/mol. The van der Waals surface area contributed by atoms with E-state index in [1.165, 1.54) is 0 Å². The molecule has 31 heavy (non-hydrogen) atoms. The van der Waals surface area contributed by atoms with Gasteiger partial charge >= 0.3 is 5.97 Å². The van der Waals surface area contributed by atoms with E-state index in [0.29, 0.717) is 38.2 Å². The van der Waals surface area contributed by atoms with Gasteiger partial charge in [-0.2, -0.15) is 0 Å². The van der Waals surface area contributed by atoms with Crippen molar-refractivity contribution in [1.82, 2.24) is 0 Å². The number of nitrogens with zero attached hydrogens (tertiary/aromatic N) is 1. The summed E-state index contributed by atoms with van der Waals surface area (Å²) in [6.07, 6.45) is 0. The molecular formula is C24H21Cl2NO4. The van der Waals surface area contributed by atoms with Gasteiger partial charge in [0, 0.05) is 26.9 Å². The predicted molar refractivity (Wildman–Crippen MR) is 122 cm³/mol. The maximum Gasteiger partial charge on any atom is 0.338 e. The number of ether oxygens (including phenoxy) is 2. The molecule has 3 aromatic rings. The lowest BCUT2D eigenvalue weighted by molar-refractivity contribution is 0.0526. The number of methoxy groups -OCH3 is 1. The average Bonchev–Trinajstić information content (AvgIpc) is 2.79. The summed E-state index contributed by atoms with van der Waals surface area (Å²) < 4.78 is 10.2. The summed E-state index contributed by atoms with van der Waals surface area (Å²) in [6, 6.07) is 18.6. The summed E-state index contributed by atoms with van der Waals surface area (Å²) in [5.74, 6) is -0.0187. The topological polar surface area (TPSA) is 55.8 Å². The van der Waals surface area contributed by atoms with E-state index in [2.05, 4.69) is 0 Å². The van der Waals surface area contributed by atoms with Crippen molar-refractivity contribution in [1.29, 1.82) is 0 Å². The van der Waals surface area contributed by atoms with E-state index < -0.39 is 5.97 Å². The van der Waals surface area contributed by atoms with Crippen LogP contribution in [0.3, 0.4) is 0 Å². The van der Waals surface area contributed by atoms with Gasteiger partial charge in [0.1, 0.15) is 5.75 Å². The Labute approximate surface area is 191 Å². The van der Waals surface area contributed by atoms with Gasteiger partial charge in [-0.15, -0.1) is 0 Å². The van der Waals surface area contributed by atoms with Crippen LogP contribution in [0.15, 0.2) is 66.7 Å². The van der Waals surface area contributed by atoms with Crippen molar-refractivity contribution in [2.24, 2.45) is 0 Å². The summed E-state index contributed by atoms with van der Waals surface area (Å²) in [5, 5.41) is 0.923. The highest BCUT2D eigenvalue weighted by Crippen LogP contribution is 2.29. The van der Waals surface area contributed by atoms with Crippen LogP contribution in [0, 0.1) is 0 Å². The minimum atomic E-state index is -0.420. The second-order valence-electron chi connectivity index (χ2n) is 6.59. The second-order valence-corrected chi connectivity index (χ2v) is 7.40. The summed E-state index contributed by atoms with van der Waals surface area (Å²) >= 11 is 12.7. The van der Waals surface area contributed by atoms with E-state index in [1.807, 2.05) is 0 Å². The van der Waals surface area contributed by atoms with Gasteiger partial charge in [-0.3, -0.25) is 4.79 Å². The Hall–Kier alpha value is -3.02. The number of amides is 1. The Morgan fingerprint density at radius 2 is 1.45 bits per heavy atom. The highest BCUT2D eigenvalue weighted by Gasteiger charge is 2.21. The van der Waals surface area contributed by atoms with Gasteiger partial charge in [0.2, 0.25) is 0 Å². The molecule has 0 unspecified atom stereocenters. The molecule has 0 aromatic heterocycles. The lowest BCUT2D eigenvalue weighted by Crippen LogP contribution is -2.30. The molecule has 7 heteroatoms. The van der Waals surface area contributed by atoms with Gasteiger partial charge in [0.05, 0.1) is 25.8 Å². The molecule has 0 atom stereocenters. The summed E-state index contributed by atoms with van der Waals surface area (Å²) in [4.78, 5) is 26.9. The Balaban J connectivity index is 1.99. The van der Waals surface area contributed by atoms with E-state index in [-0.39, 0.29) is 19.1 Å². The minimum absolute atomic E-state index is 0.155. The molecule has 0 radical (unpaired) electrons. The Morgan fingerprint density at radius 3 is 2.00 bits per heavy atom. The first-order chi connectivity index (χ1) is 14.9. The van der Waals surface area contributed by atoms with E-state index in [9.17, 15) is 9.59 Å². The highest BCUT2D eigenvalue weighted by atomic mass is 35.5. The molecule has 0 saturated carbocycles. The lowest BCUT2D eigenvalue weighted by atomic mass is 10.1. The number of rotatable bonds is 7. The van der Waals surface area contributed by atoms with Crippen LogP contribution < -0.4 is 9.64 Å². The van der Waals surface area contributed by atoms with E-state index in [4.69, 9.17) is 32.7 Å². The van der Waals surface area contributed by atoms with Gasteiger partial charge in [-0.05, 0) is 67.6 Å². The predicted octanol–water partition coefficient (Wildman–Crippen LogP) is 6.03. The first-order valence-electron chi connectivity index (χ1n) is 9.60. The van der Waals surface area contributed by atoms with Crippen molar-refractivity contribution in [2.45, 2.75) is 13.5 Å². The maximum atomic E-state index is 13.4. The average molecular weight is 458 g/mol. The highest BCUT2D eigenvalue weighted by molar-refractivity contribution is 6.36. The van der Waals surface area contributed by atoms with E-state index >= 15 is 0 Å². The van der Waals surface area contributed by atoms with Crippen molar-refractivity contribution < 1.29 is 19.1 Å². The smallest absolute Gasteiger partial charge is 0.338 e. The van der Waals surface area contributed by atoms with Gasteiger partial charge < -0.3 is 14.4 Å². The van der Waals surface area contributed by atoms with E-state index in [1.54, 1.807) is 85.7 Å². The molecule has 3 aromatic carbocycles. The molecule has 0 spiro atoms. The third-order valence-electron chi connectivity index (χ3n) is 4.65. The largest absolute Gasteiger partial charge is 0.497 e. The number of hydrogen-bond acceptors (Lipinski definition) is 4. The first-order valence-corrected chi connectivity index (χ1v) is 10.4. The quantitative estimate of drug-likeness (QED) is 0.406. The van der Waals surface area contributed by atoms with Gasteiger partial charge in [0.25, 0.3) is 5.91 Å².